The standard InChI is InChI=1S/C26H37NO5S2/c1-6-8-9-10-11-12-18(5)32-20-14-13-19(15-21(20)31-7-2)16-22-24(28)27(26(33)34-22)23(17(3)4)25(29)30/h13-18,23H,6-12H2,1-5H3,(H,29,30)/b22-16+/t18-,23-/m1/s1. The zero-order chi connectivity index (χ0) is 25.3. The molecule has 0 radical (unpaired) electrons. The van der Waals surface area contributed by atoms with Crippen molar-refractivity contribution in [3.63, 3.8) is 0 Å². The highest BCUT2D eigenvalue weighted by atomic mass is 32.2. The van der Waals surface area contributed by atoms with Gasteiger partial charge in [0.15, 0.2) is 11.5 Å². The van der Waals surface area contributed by atoms with Crippen LogP contribution in [0.2, 0.25) is 0 Å². The molecule has 1 saturated heterocycles. The summed E-state index contributed by atoms with van der Waals surface area (Å²) >= 11 is 6.46. The van der Waals surface area contributed by atoms with Gasteiger partial charge in [-0.3, -0.25) is 9.69 Å². The van der Waals surface area contributed by atoms with Gasteiger partial charge in [-0.25, -0.2) is 4.79 Å². The number of carbonyl (C=O) groups excluding carboxylic acids is 1. The molecule has 1 aromatic carbocycles. The lowest BCUT2D eigenvalue weighted by molar-refractivity contribution is -0.146. The molecule has 2 rings (SSSR count). The Bertz CT molecular complexity index is 899. The molecule has 0 unspecified atom stereocenters. The Hall–Kier alpha value is -2.06. The highest BCUT2D eigenvalue weighted by Crippen LogP contribution is 2.37. The number of amides is 1. The van der Waals surface area contributed by atoms with Gasteiger partial charge < -0.3 is 14.6 Å². The van der Waals surface area contributed by atoms with Crippen molar-refractivity contribution in [2.75, 3.05) is 6.61 Å². The minimum atomic E-state index is -1.06. The number of nitrogens with zero attached hydrogens (tertiary/aromatic N) is 1. The molecule has 0 bridgehead atoms. The van der Waals surface area contributed by atoms with Crippen molar-refractivity contribution in [1.82, 2.24) is 4.90 Å². The van der Waals surface area contributed by atoms with Crippen molar-refractivity contribution in [3.05, 3.63) is 28.7 Å². The lowest BCUT2D eigenvalue weighted by Crippen LogP contribution is -2.47. The second-order valence-corrected chi connectivity index (χ2v) is 10.5. The van der Waals surface area contributed by atoms with E-state index in [1.54, 1.807) is 19.9 Å². The summed E-state index contributed by atoms with van der Waals surface area (Å²) in [6, 6.07) is 4.59. The highest BCUT2D eigenvalue weighted by Gasteiger charge is 2.41. The average Bonchev–Trinajstić information content (AvgIpc) is 3.03. The molecule has 0 saturated carbocycles. The predicted octanol–water partition coefficient (Wildman–Crippen LogP) is 6.52. The van der Waals surface area contributed by atoms with Crippen LogP contribution in [0.4, 0.5) is 0 Å². The number of thioether (sulfide) groups is 1. The summed E-state index contributed by atoms with van der Waals surface area (Å²) in [4.78, 5) is 26.3. The van der Waals surface area contributed by atoms with Gasteiger partial charge >= 0.3 is 5.97 Å². The minimum Gasteiger partial charge on any atom is -0.490 e. The number of aliphatic carboxylic acids is 1. The van der Waals surface area contributed by atoms with E-state index in [0.717, 1.165) is 30.2 Å². The van der Waals surface area contributed by atoms with E-state index in [1.807, 2.05) is 25.1 Å². The third kappa shape index (κ3) is 7.73. The molecule has 1 amide bonds. The number of hydrogen-bond acceptors (Lipinski definition) is 6. The van der Waals surface area contributed by atoms with Crippen LogP contribution in [-0.2, 0) is 9.59 Å². The molecule has 0 spiro atoms. The second-order valence-electron chi connectivity index (χ2n) is 8.85. The maximum Gasteiger partial charge on any atom is 0.327 e. The van der Waals surface area contributed by atoms with E-state index in [0.29, 0.717) is 23.0 Å². The zero-order valence-electron chi connectivity index (χ0n) is 20.8. The molecule has 1 aromatic rings. The summed E-state index contributed by atoms with van der Waals surface area (Å²) in [5.41, 5.74) is 0.764. The zero-order valence-corrected chi connectivity index (χ0v) is 22.5. The second kappa shape index (κ2) is 13.7. The Kier molecular flexibility index (Phi) is 11.4. The van der Waals surface area contributed by atoms with Crippen LogP contribution in [0.5, 0.6) is 11.5 Å². The first-order chi connectivity index (χ1) is 16.2. The van der Waals surface area contributed by atoms with Gasteiger partial charge in [-0.05, 0) is 56.4 Å². The van der Waals surface area contributed by atoms with Crippen LogP contribution in [0.25, 0.3) is 6.08 Å². The van der Waals surface area contributed by atoms with Crippen molar-refractivity contribution in [2.24, 2.45) is 5.92 Å². The van der Waals surface area contributed by atoms with Crippen LogP contribution in [0.3, 0.4) is 0 Å². The van der Waals surface area contributed by atoms with E-state index < -0.39 is 12.0 Å². The topological polar surface area (TPSA) is 76.1 Å². The summed E-state index contributed by atoms with van der Waals surface area (Å²) in [7, 11) is 0. The number of rotatable bonds is 14. The molecular formula is C26H37NO5S2. The van der Waals surface area contributed by atoms with E-state index in [-0.39, 0.29) is 22.2 Å². The van der Waals surface area contributed by atoms with Gasteiger partial charge in [-0.1, -0.05) is 76.5 Å². The quantitative estimate of drug-likeness (QED) is 0.174. The van der Waals surface area contributed by atoms with Crippen LogP contribution in [0, 0.1) is 5.92 Å². The number of carbonyl (C=O) groups is 2. The van der Waals surface area contributed by atoms with E-state index in [2.05, 4.69) is 13.8 Å². The first-order valence-corrected chi connectivity index (χ1v) is 13.3. The number of carboxylic acids is 1. The van der Waals surface area contributed by atoms with Gasteiger partial charge in [0.2, 0.25) is 0 Å². The number of unbranched alkanes of at least 4 members (excludes halogenated alkanes) is 4. The fourth-order valence-corrected chi connectivity index (χ4v) is 5.19. The Balaban J connectivity index is 2.16. The van der Waals surface area contributed by atoms with Gasteiger partial charge in [-0.2, -0.15) is 0 Å². The van der Waals surface area contributed by atoms with Crippen molar-refractivity contribution in [2.45, 2.75) is 85.3 Å². The molecule has 1 heterocycles. The van der Waals surface area contributed by atoms with E-state index in [4.69, 9.17) is 21.7 Å². The summed E-state index contributed by atoms with van der Waals surface area (Å²) < 4.78 is 12.2. The number of hydrogen-bond donors (Lipinski definition) is 1. The molecule has 0 aliphatic carbocycles. The number of thiocarbonyl (C=S) groups is 1. The Labute approximate surface area is 213 Å². The third-order valence-corrected chi connectivity index (χ3v) is 6.92. The van der Waals surface area contributed by atoms with E-state index in [9.17, 15) is 14.7 Å². The van der Waals surface area contributed by atoms with E-state index >= 15 is 0 Å². The smallest absolute Gasteiger partial charge is 0.327 e. The van der Waals surface area contributed by atoms with Crippen molar-refractivity contribution in [3.8, 4) is 11.5 Å². The van der Waals surface area contributed by atoms with Crippen LogP contribution >= 0.6 is 24.0 Å². The molecule has 0 aromatic heterocycles. The number of ether oxygens (including phenoxy) is 2. The van der Waals surface area contributed by atoms with Gasteiger partial charge in [0.25, 0.3) is 5.91 Å². The average molecular weight is 508 g/mol. The molecule has 34 heavy (non-hydrogen) atoms. The van der Waals surface area contributed by atoms with Gasteiger partial charge in [0.1, 0.15) is 10.4 Å². The first-order valence-electron chi connectivity index (χ1n) is 12.1. The first kappa shape index (κ1) is 28.2. The SMILES string of the molecule is CCCCCCC[C@@H](C)Oc1ccc(/C=C2/SC(=S)N([C@@H](C(=O)O)C(C)C)C2=O)cc1OCC. The van der Waals surface area contributed by atoms with Crippen LogP contribution in [-0.4, -0.2) is 45.0 Å². The molecule has 1 aliphatic heterocycles. The molecule has 8 heteroatoms. The normalized spacial score (nSPS) is 16.9. The molecule has 6 nitrogen and oxygen atoms in total. The largest absolute Gasteiger partial charge is 0.490 e. The Morgan fingerprint density at radius 3 is 2.47 bits per heavy atom. The minimum absolute atomic E-state index is 0.0759. The van der Waals surface area contributed by atoms with Crippen LogP contribution in [0.15, 0.2) is 23.1 Å². The summed E-state index contributed by atoms with van der Waals surface area (Å²) in [5.74, 6) is -0.416. The van der Waals surface area contributed by atoms with E-state index in [1.165, 1.54) is 30.6 Å². The van der Waals surface area contributed by atoms with Gasteiger partial charge in [0, 0.05) is 0 Å². The molecular weight excluding hydrogens is 470 g/mol. The lowest BCUT2D eigenvalue weighted by atomic mass is 10.0. The third-order valence-electron chi connectivity index (χ3n) is 5.59. The fourth-order valence-electron chi connectivity index (χ4n) is 3.86. The highest BCUT2D eigenvalue weighted by molar-refractivity contribution is 8.26. The summed E-state index contributed by atoms with van der Waals surface area (Å²) in [6.07, 6.45) is 8.92. The summed E-state index contributed by atoms with van der Waals surface area (Å²) in [5, 5.41) is 9.59. The maximum absolute atomic E-state index is 13.0. The monoisotopic (exact) mass is 507 g/mol. The van der Waals surface area contributed by atoms with Gasteiger partial charge in [-0.15, -0.1) is 0 Å². The lowest BCUT2D eigenvalue weighted by Gasteiger charge is -2.26. The molecule has 1 aliphatic rings. The maximum atomic E-state index is 13.0. The number of carboxylic acid groups (broad SMARTS) is 1. The summed E-state index contributed by atoms with van der Waals surface area (Å²) in [6.45, 7) is 10.2. The van der Waals surface area contributed by atoms with Crippen LogP contribution < -0.4 is 9.47 Å². The predicted molar refractivity (Wildman–Crippen MR) is 142 cm³/mol. The molecule has 1 N–H and O–H groups in total. The fraction of sp³-hybridized carbons (Fsp3) is 0.577. The van der Waals surface area contributed by atoms with Gasteiger partial charge in [0.05, 0.1) is 17.6 Å². The molecule has 2 atom stereocenters. The van der Waals surface area contributed by atoms with Crippen molar-refractivity contribution in [1.29, 1.82) is 0 Å². The van der Waals surface area contributed by atoms with Crippen molar-refractivity contribution < 1.29 is 24.2 Å². The Morgan fingerprint density at radius 1 is 1.15 bits per heavy atom. The number of benzene rings is 1. The van der Waals surface area contributed by atoms with Crippen molar-refractivity contribution >= 4 is 46.3 Å². The van der Waals surface area contributed by atoms with Crippen LogP contribution in [0.1, 0.15) is 78.7 Å². The Morgan fingerprint density at radius 2 is 1.85 bits per heavy atom. The molecule has 1 fully saturated rings. The molecule has 188 valence electrons.